The number of carbonyl (C=O) groups is 1. The Morgan fingerprint density at radius 3 is 2.32 bits per heavy atom. The number of nitrogens with one attached hydrogen (secondary N) is 2. The molecule has 0 aliphatic heterocycles. The molecule has 0 radical (unpaired) electrons. The third kappa shape index (κ3) is 6.02. The number of sulfonamides is 1. The topological polar surface area (TPSA) is 110 Å². The SMILES string of the molecule is CCC(Oc1ccccc1)C(=O)Nc1ccc(S(=O)(=O)Nc2cc(C)nc(C)n2)cc1. The van der Waals surface area contributed by atoms with Gasteiger partial charge in [-0.15, -0.1) is 0 Å². The largest absolute Gasteiger partial charge is 0.481 e. The number of carbonyl (C=O) groups excluding carboxylic acids is 1. The molecule has 31 heavy (non-hydrogen) atoms. The summed E-state index contributed by atoms with van der Waals surface area (Å²) in [5.74, 6) is 0.962. The van der Waals surface area contributed by atoms with Crippen molar-refractivity contribution in [2.45, 2.75) is 38.2 Å². The normalized spacial score (nSPS) is 12.1. The van der Waals surface area contributed by atoms with Crippen molar-refractivity contribution in [1.29, 1.82) is 0 Å². The van der Waals surface area contributed by atoms with E-state index in [-0.39, 0.29) is 16.6 Å². The standard InChI is InChI=1S/C22H24N4O4S/c1-4-20(30-18-8-6-5-7-9-18)22(27)25-17-10-12-19(13-11-17)31(28,29)26-21-14-15(2)23-16(3)24-21/h5-14,20H,4H2,1-3H3,(H,25,27)(H,23,24,26). The second-order valence-corrected chi connectivity index (χ2v) is 8.57. The molecule has 1 unspecified atom stereocenters. The van der Waals surface area contributed by atoms with Gasteiger partial charge in [-0.25, -0.2) is 18.4 Å². The monoisotopic (exact) mass is 440 g/mol. The molecule has 1 heterocycles. The van der Waals surface area contributed by atoms with Crippen molar-refractivity contribution in [2.75, 3.05) is 10.0 Å². The lowest BCUT2D eigenvalue weighted by Crippen LogP contribution is -2.32. The van der Waals surface area contributed by atoms with E-state index in [9.17, 15) is 13.2 Å². The number of para-hydroxylation sites is 1. The van der Waals surface area contributed by atoms with E-state index in [0.29, 0.717) is 29.4 Å². The molecule has 2 aromatic carbocycles. The highest BCUT2D eigenvalue weighted by atomic mass is 32.2. The first-order valence-electron chi connectivity index (χ1n) is 9.74. The number of nitrogens with zero attached hydrogens (tertiary/aromatic N) is 2. The van der Waals surface area contributed by atoms with Crippen LogP contribution in [0.4, 0.5) is 11.5 Å². The van der Waals surface area contributed by atoms with E-state index >= 15 is 0 Å². The second kappa shape index (κ2) is 9.57. The van der Waals surface area contributed by atoms with Gasteiger partial charge in [-0.2, -0.15) is 0 Å². The van der Waals surface area contributed by atoms with Gasteiger partial charge in [0.2, 0.25) is 0 Å². The summed E-state index contributed by atoms with van der Waals surface area (Å²) in [7, 11) is -3.83. The zero-order valence-electron chi connectivity index (χ0n) is 17.5. The summed E-state index contributed by atoms with van der Waals surface area (Å²) in [6.45, 7) is 5.30. The molecule has 162 valence electrons. The van der Waals surface area contributed by atoms with E-state index < -0.39 is 16.1 Å². The van der Waals surface area contributed by atoms with Gasteiger partial charge in [-0.1, -0.05) is 25.1 Å². The molecule has 0 saturated heterocycles. The van der Waals surface area contributed by atoms with Crippen molar-refractivity contribution >= 4 is 27.4 Å². The molecule has 0 fully saturated rings. The number of aromatic nitrogens is 2. The molecule has 0 saturated carbocycles. The number of hydrogen-bond acceptors (Lipinski definition) is 6. The van der Waals surface area contributed by atoms with Gasteiger partial charge in [0.25, 0.3) is 15.9 Å². The third-order valence-corrected chi connectivity index (χ3v) is 5.69. The van der Waals surface area contributed by atoms with Crippen LogP contribution in [-0.4, -0.2) is 30.4 Å². The predicted octanol–water partition coefficient (Wildman–Crippen LogP) is 3.69. The van der Waals surface area contributed by atoms with Crippen LogP contribution in [0.5, 0.6) is 5.75 Å². The van der Waals surface area contributed by atoms with Gasteiger partial charge >= 0.3 is 0 Å². The van der Waals surface area contributed by atoms with Crippen molar-refractivity contribution in [3.63, 3.8) is 0 Å². The summed E-state index contributed by atoms with van der Waals surface area (Å²) in [6.07, 6.45) is -0.189. The first-order valence-corrected chi connectivity index (χ1v) is 11.2. The summed E-state index contributed by atoms with van der Waals surface area (Å²) in [5, 5.41) is 2.76. The van der Waals surface area contributed by atoms with Crippen LogP contribution in [0, 0.1) is 13.8 Å². The Labute approximate surface area is 181 Å². The number of ether oxygens (including phenoxy) is 1. The lowest BCUT2D eigenvalue weighted by molar-refractivity contribution is -0.122. The Hall–Kier alpha value is -3.46. The molecular formula is C22H24N4O4S. The lowest BCUT2D eigenvalue weighted by atomic mass is 10.2. The fourth-order valence-electron chi connectivity index (χ4n) is 2.89. The van der Waals surface area contributed by atoms with Crippen molar-refractivity contribution in [1.82, 2.24) is 9.97 Å². The van der Waals surface area contributed by atoms with Crippen LogP contribution in [-0.2, 0) is 14.8 Å². The van der Waals surface area contributed by atoms with Gasteiger partial charge in [-0.05, 0) is 56.7 Å². The molecule has 9 heteroatoms. The van der Waals surface area contributed by atoms with Crippen molar-refractivity contribution < 1.29 is 17.9 Å². The minimum absolute atomic E-state index is 0.0481. The Kier molecular flexibility index (Phi) is 6.86. The van der Waals surface area contributed by atoms with Gasteiger partial charge in [0, 0.05) is 17.4 Å². The average Bonchev–Trinajstić information content (AvgIpc) is 2.72. The highest BCUT2D eigenvalue weighted by Crippen LogP contribution is 2.19. The number of aryl methyl sites for hydroxylation is 2. The van der Waals surface area contributed by atoms with Crippen LogP contribution < -0.4 is 14.8 Å². The molecule has 3 rings (SSSR count). The third-order valence-electron chi connectivity index (χ3n) is 4.32. The van der Waals surface area contributed by atoms with E-state index in [1.807, 2.05) is 25.1 Å². The van der Waals surface area contributed by atoms with Gasteiger partial charge < -0.3 is 10.1 Å². The van der Waals surface area contributed by atoms with E-state index in [4.69, 9.17) is 4.74 Å². The lowest BCUT2D eigenvalue weighted by Gasteiger charge is -2.17. The van der Waals surface area contributed by atoms with Crippen molar-refractivity contribution in [3.8, 4) is 5.75 Å². The van der Waals surface area contributed by atoms with Gasteiger partial charge in [0.05, 0.1) is 4.90 Å². The van der Waals surface area contributed by atoms with Crippen LogP contribution in [0.2, 0.25) is 0 Å². The Balaban J connectivity index is 1.68. The second-order valence-electron chi connectivity index (χ2n) is 6.89. The minimum atomic E-state index is -3.83. The van der Waals surface area contributed by atoms with Crippen molar-refractivity contribution in [3.05, 3.63) is 72.2 Å². The fourth-order valence-corrected chi connectivity index (χ4v) is 3.88. The van der Waals surface area contributed by atoms with Crippen LogP contribution in [0.25, 0.3) is 0 Å². The molecule has 0 aliphatic carbocycles. The molecule has 2 N–H and O–H groups in total. The highest BCUT2D eigenvalue weighted by Gasteiger charge is 2.20. The maximum atomic E-state index is 12.6. The predicted molar refractivity (Wildman–Crippen MR) is 119 cm³/mol. The van der Waals surface area contributed by atoms with Gasteiger partial charge in [0.15, 0.2) is 6.10 Å². The molecule has 8 nitrogen and oxygen atoms in total. The Morgan fingerprint density at radius 1 is 1.03 bits per heavy atom. The maximum absolute atomic E-state index is 12.6. The number of benzene rings is 2. The summed E-state index contributed by atoms with van der Waals surface area (Å²) in [6, 6.07) is 16.5. The number of rotatable bonds is 8. The molecular weight excluding hydrogens is 416 g/mol. The molecule has 1 atom stereocenters. The highest BCUT2D eigenvalue weighted by molar-refractivity contribution is 7.92. The summed E-state index contributed by atoms with van der Waals surface area (Å²) in [4.78, 5) is 20.8. The smallest absolute Gasteiger partial charge is 0.265 e. The molecule has 0 spiro atoms. The summed E-state index contributed by atoms with van der Waals surface area (Å²) in [5.41, 5.74) is 1.12. The van der Waals surface area contributed by atoms with Crippen LogP contribution in [0.3, 0.4) is 0 Å². The summed E-state index contributed by atoms with van der Waals surface area (Å²) < 4.78 is 33.4. The molecule has 1 amide bonds. The van der Waals surface area contributed by atoms with Gasteiger partial charge in [0.1, 0.15) is 17.4 Å². The fraction of sp³-hybridized carbons (Fsp3) is 0.227. The summed E-state index contributed by atoms with van der Waals surface area (Å²) >= 11 is 0. The van der Waals surface area contributed by atoms with Crippen molar-refractivity contribution in [2.24, 2.45) is 0 Å². The maximum Gasteiger partial charge on any atom is 0.265 e. The van der Waals surface area contributed by atoms with E-state index in [1.165, 1.54) is 24.3 Å². The van der Waals surface area contributed by atoms with E-state index in [1.54, 1.807) is 32.0 Å². The number of anilines is 2. The Morgan fingerprint density at radius 2 is 1.71 bits per heavy atom. The molecule has 0 bridgehead atoms. The van der Waals surface area contributed by atoms with E-state index in [0.717, 1.165) is 0 Å². The zero-order valence-corrected chi connectivity index (χ0v) is 18.3. The van der Waals surface area contributed by atoms with E-state index in [2.05, 4.69) is 20.0 Å². The van der Waals surface area contributed by atoms with Gasteiger partial charge in [-0.3, -0.25) is 9.52 Å². The van der Waals surface area contributed by atoms with Crippen LogP contribution in [0.1, 0.15) is 24.9 Å². The molecule has 0 aliphatic rings. The minimum Gasteiger partial charge on any atom is -0.481 e. The quantitative estimate of drug-likeness (QED) is 0.553. The first kappa shape index (κ1) is 22.2. The number of hydrogen-bond donors (Lipinski definition) is 2. The molecule has 1 aromatic heterocycles. The van der Waals surface area contributed by atoms with Crippen LogP contribution >= 0.6 is 0 Å². The first-order chi connectivity index (χ1) is 14.8. The number of amides is 1. The Bertz CT molecular complexity index is 1130. The van der Waals surface area contributed by atoms with Crippen LogP contribution in [0.15, 0.2) is 65.6 Å². The average molecular weight is 441 g/mol. The zero-order chi connectivity index (χ0) is 22.4. The molecule has 3 aromatic rings.